The SMILES string of the molecule is Cc1c(C)c2c(c(C)c1OCCOCCO)CC[C@@](C)(CCCC(C)CCCC(C)CCCC(C)C)O2. The molecule has 0 aromatic heterocycles. The van der Waals surface area contributed by atoms with Crippen LogP contribution in [-0.2, 0) is 11.2 Å². The number of benzene rings is 1. The van der Waals surface area contributed by atoms with Gasteiger partial charge in [0.1, 0.15) is 23.7 Å². The normalized spacial score (nSPS) is 19.0. The molecule has 37 heavy (non-hydrogen) atoms. The molecule has 1 N–H and O–H groups in total. The summed E-state index contributed by atoms with van der Waals surface area (Å²) in [7, 11) is 0. The number of hydrogen-bond donors (Lipinski definition) is 1. The fourth-order valence-corrected chi connectivity index (χ4v) is 5.85. The van der Waals surface area contributed by atoms with Gasteiger partial charge in [-0.25, -0.2) is 0 Å². The van der Waals surface area contributed by atoms with Crippen molar-refractivity contribution in [2.45, 2.75) is 132 Å². The average molecular weight is 519 g/mol. The van der Waals surface area contributed by atoms with Gasteiger partial charge in [-0.05, 0) is 87.8 Å². The molecular weight excluding hydrogens is 460 g/mol. The van der Waals surface area contributed by atoms with Crippen LogP contribution in [0.3, 0.4) is 0 Å². The molecule has 2 rings (SSSR count). The molecule has 0 spiro atoms. The lowest BCUT2D eigenvalue weighted by atomic mass is 9.83. The molecule has 214 valence electrons. The van der Waals surface area contributed by atoms with Gasteiger partial charge in [0.15, 0.2) is 0 Å². The van der Waals surface area contributed by atoms with E-state index in [0.717, 1.165) is 54.1 Å². The summed E-state index contributed by atoms with van der Waals surface area (Å²) >= 11 is 0. The third-order valence-corrected chi connectivity index (χ3v) is 8.55. The van der Waals surface area contributed by atoms with E-state index >= 15 is 0 Å². The Morgan fingerprint density at radius 3 is 2.05 bits per heavy atom. The highest BCUT2D eigenvalue weighted by Gasteiger charge is 2.34. The molecule has 1 aliphatic heterocycles. The van der Waals surface area contributed by atoms with E-state index in [0.29, 0.717) is 19.8 Å². The summed E-state index contributed by atoms with van der Waals surface area (Å²) < 4.78 is 18.2. The Morgan fingerprint density at radius 1 is 0.811 bits per heavy atom. The molecule has 0 aliphatic carbocycles. The van der Waals surface area contributed by atoms with E-state index in [1.807, 2.05) is 0 Å². The number of hydrogen-bond acceptors (Lipinski definition) is 4. The maximum absolute atomic E-state index is 8.87. The Balaban J connectivity index is 1.81. The van der Waals surface area contributed by atoms with Crippen molar-refractivity contribution in [2.24, 2.45) is 17.8 Å². The summed E-state index contributed by atoms with van der Waals surface area (Å²) in [4.78, 5) is 0. The number of fused-ring (bicyclic) bond motifs is 1. The third kappa shape index (κ3) is 10.4. The Hall–Kier alpha value is -1.26. The molecule has 0 saturated heterocycles. The number of aliphatic hydroxyl groups is 1. The molecule has 4 nitrogen and oxygen atoms in total. The largest absolute Gasteiger partial charge is 0.491 e. The molecule has 2 unspecified atom stereocenters. The van der Waals surface area contributed by atoms with Crippen LogP contribution in [0.2, 0.25) is 0 Å². The van der Waals surface area contributed by atoms with Crippen LogP contribution in [0.1, 0.15) is 121 Å². The Bertz CT molecular complexity index is 802. The fraction of sp³-hybridized carbons (Fsp3) is 0.818. The molecule has 3 atom stereocenters. The highest BCUT2D eigenvalue weighted by Crippen LogP contribution is 2.45. The molecule has 0 fully saturated rings. The predicted molar refractivity (Wildman–Crippen MR) is 156 cm³/mol. The van der Waals surface area contributed by atoms with E-state index in [1.165, 1.54) is 68.1 Å². The molecule has 1 heterocycles. The summed E-state index contributed by atoms with van der Waals surface area (Å²) in [5.41, 5.74) is 4.79. The number of rotatable bonds is 18. The van der Waals surface area contributed by atoms with Gasteiger partial charge in [0.2, 0.25) is 0 Å². The topological polar surface area (TPSA) is 47.9 Å². The minimum absolute atomic E-state index is 0.0446. The van der Waals surface area contributed by atoms with Crippen molar-refractivity contribution in [3.05, 3.63) is 22.3 Å². The first kappa shape index (κ1) is 32.0. The van der Waals surface area contributed by atoms with Crippen LogP contribution in [0.15, 0.2) is 0 Å². The summed E-state index contributed by atoms with van der Waals surface area (Å²) in [6.45, 7) is 19.7. The van der Waals surface area contributed by atoms with Crippen LogP contribution in [0.25, 0.3) is 0 Å². The van der Waals surface area contributed by atoms with Crippen molar-refractivity contribution in [1.29, 1.82) is 0 Å². The van der Waals surface area contributed by atoms with Crippen molar-refractivity contribution in [2.75, 3.05) is 26.4 Å². The molecule has 0 amide bonds. The summed E-state index contributed by atoms with van der Waals surface area (Å²) in [6, 6.07) is 0. The molecule has 0 saturated carbocycles. The number of aliphatic hydroxyl groups excluding tert-OH is 1. The molecule has 0 bridgehead atoms. The highest BCUT2D eigenvalue weighted by molar-refractivity contribution is 5.59. The monoisotopic (exact) mass is 518 g/mol. The third-order valence-electron chi connectivity index (χ3n) is 8.55. The molecular formula is C33H58O4. The highest BCUT2D eigenvalue weighted by atomic mass is 16.5. The van der Waals surface area contributed by atoms with Crippen molar-refractivity contribution in [1.82, 2.24) is 0 Å². The first-order chi connectivity index (χ1) is 17.6. The van der Waals surface area contributed by atoms with E-state index in [1.54, 1.807) is 0 Å². The maximum Gasteiger partial charge on any atom is 0.127 e. The van der Waals surface area contributed by atoms with Gasteiger partial charge in [0.05, 0.1) is 19.8 Å². The molecule has 4 heteroatoms. The van der Waals surface area contributed by atoms with Gasteiger partial charge < -0.3 is 19.3 Å². The lowest BCUT2D eigenvalue weighted by Gasteiger charge is -2.38. The Morgan fingerprint density at radius 2 is 1.43 bits per heavy atom. The summed E-state index contributed by atoms with van der Waals surface area (Å²) in [5, 5.41) is 8.87. The van der Waals surface area contributed by atoms with Crippen molar-refractivity contribution in [3.63, 3.8) is 0 Å². The first-order valence-corrected chi connectivity index (χ1v) is 15.2. The van der Waals surface area contributed by atoms with E-state index < -0.39 is 0 Å². The van der Waals surface area contributed by atoms with Crippen LogP contribution < -0.4 is 9.47 Å². The molecule has 1 aliphatic rings. The smallest absolute Gasteiger partial charge is 0.127 e. The van der Waals surface area contributed by atoms with Crippen LogP contribution in [-0.4, -0.2) is 37.1 Å². The van der Waals surface area contributed by atoms with Crippen molar-refractivity contribution < 1.29 is 19.3 Å². The second-order valence-corrected chi connectivity index (χ2v) is 12.6. The zero-order valence-electron chi connectivity index (χ0n) is 25.5. The predicted octanol–water partition coefficient (Wildman–Crippen LogP) is 8.52. The minimum Gasteiger partial charge on any atom is -0.491 e. The van der Waals surface area contributed by atoms with E-state index in [9.17, 15) is 0 Å². The number of ether oxygens (including phenoxy) is 3. The second kappa shape index (κ2) is 16.0. The lowest BCUT2D eigenvalue weighted by molar-refractivity contribution is 0.0507. The Labute approximate surface area is 228 Å². The van der Waals surface area contributed by atoms with Gasteiger partial charge in [-0.2, -0.15) is 0 Å². The Kier molecular flexibility index (Phi) is 13.8. The fourth-order valence-electron chi connectivity index (χ4n) is 5.85. The van der Waals surface area contributed by atoms with Crippen molar-refractivity contribution in [3.8, 4) is 11.5 Å². The van der Waals surface area contributed by atoms with Gasteiger partial charge >= 0.3 is 0 Å². The standard InChI is InChI=1S/C33H58O4/c1-24(2)12-9-13-25(3)14-10-15-26(4)16-11-18-33(8)19-17-30-29(7)31(36-23-22-35-21-20-34)27(5)28(6)32(30)37-33/h24-26,34H,9-23H2,1-8H3/t25?,26?,33-/m1/s1. The van der Waals surface area contributed by atoms with Crippen LogP contribution in [0, 0.1) is 38.5 Å². The van der Waals surface area contributed by atoms with Gasteiger partial charge in [-0.15, -0.1) is 0 Å². The van der Waals surface area contributed by atoms with Gasteiger partial charge in [0, 0.05) is 5.56 Å². The van der Waals surface area contributed by atoms with Crippen LogP contribution in [0.5, 0.6) is 11.5 Å². The lowest BCUT2D eigenvalue weighted by Crippen LogP contribution is -2.37. The maximum atomic E-state index is 8.87. The molecule has 1 aromatic rings. The average Bonchev–Trinajstić information content (AvgIpc) is 2.84. The van der Waals surface area contributed by atoms with Gasteiger partial charge in [-0.3, -0.25) is 0 Å². The van der Waals surface area contributed by atoms with Gasteiger partial charge in [0.25, 0.3) is 0 Å². The second-order valence-electron chi connectivity index (χ2n) is 12.6. The zero-order valence-corrected chi connectivity index (χ0v) is 25.5. The van der Waals surface area contributed by atoms with Gasteiger partial charge in [-0.1, -0.05) is 72.6 Å². The molecule has 1 aromatic carbocycles. The first-order valence-electron chi connectivity index (χ1n) is 15.2. The van der Waals surface area contributed by atoms with E-state index in [-0.39, 0.29) is 12.2 Å². The minimum atomic E-state index is -0.0816. The van der Waals surface area contributed by atoms with E-state index in [4.69, 9.17) is 19.3 Å². The summed E-state index contributed by atoms with van der Waals surface area (Å²) in [5.74, 6) is 4.58. The van der Waals surface area contributed by atoms with Crippen LogP contribution in [0.4, 0.5) is 0 Å². The molecule has 0 radical (unpaired) electrons. The van der Waals surface area contributed by atoms with Crippen molar-refractivity contribution >= 4 is 0 Å². The zero-order chi connectivity index (χ0) is 27.4. The summed E-state index contributed by atoms with van der Waals surface area (Å²) in [6.07, 6.45) is 14.1. The van der Waals surface area contributed by atoms with E-state index in [2.05, 4.69) is 55.4 Å². The van der Waals surface area contributed by atoms with Crippen LogP contribution >= 0.6 is 0 Å². The quantitative estimate of drug-likeness (QED) is 0.198.